The molecule has 0 aromatic rings. The number of carbonyl (C=O) groups is 1. The van der Waals surface area contributed by atoms with Crippen molar-refractivity contribution in [1.82, 2.24) is 4.73 Å². The zero-order valence-corrected chi connectivity index (χ0v) is 24.3. The Hall–Kier alpha value is 0.0769. The maximum absolute atomic E-state index is 11.9. The van der Waals surface area contributed by atoms with Crippen molar-refractivity contribution in [2.24, 2.45) is 0 Å². The van der Waals surface area contributed by atoms with E-state index in [0.717, 1.165) is 57.4 Å². The molecule has 7 heteroatoms. The normalized spacial score (nSPS) is 17.5. The lowest BCUT2D eigenvalue weighted by atomic mass is 10.1. The quantitative estimate of drug-likeness (QED) is 0.0929. The van der Waals surface area contributed by atoms with Gasteiger partial charge >= 0.3 is 0 Å². The highest BCUT2D eigenvalue weighted by Gasteiger charge is 2.22. The fraction of sp³-hybridized carbons (Fsp3) is 0.963. The van der Waals surface area contributed by atoms with Gasteiger partial charge in [0.05, 0.1) is 0 Å². The second kappa shape index (κ2) is 24.8. The summed E-state index contributed by atoms with van der Waals surface area (Å²) in [5.74, 6) is 0.972. The summed E-state index contributed by atoms with van der Waals surface area (Å²) >= 11 is 1.55. The third kappa shape index (κ3) is 19.3. The Labute approximate surface area is 216 Å². The fourth-order valence-corrected chi connectivity index (χ4v) is 8.82. The van der Waals surface area contributed by atoms with Crippen LogP contribution in [0, 0.1) is 0 Å². The highest BCUT2D eigenvalue weighted by Crippen LogP contribution is 2.21. The highest BCUT2D eigenvalue weighted by molar-refractivity contribution is 8.13. The Bertz CT molecular complexity index is 458. The molecule has 1 atom stereocenters. The van der Waals surface area contributed by atoms with Crippen LogP contribution in [0.2, 0.25) is 12.1 Å². The molecule has 5 nitrogen and oxygen atoms in total. The summed E-state index contributed by atoms with van der Waals surface area (Å²) in [5.41, 5.74) is 0. The summed E-state index contributed by atoms with van der Waals surface area (Å²) in [6.45, 7) is 4.75. The summed E-state index contributed by atoms with van der Waals surface area (Å²) in [6, 6.07) is 2.57. The Morgan fingerprint density at radius 1 is 0.882 bits per heavy atom. The van der Waals surface area contributed by atoms with Crippen molar-refractivity contribution in [1.29, 1.82) is 0 Å². The minimum Gasteiger partial charge on any atom is -0.396 e. The predicted octanol–water partition coefficient (Wildman–Crippen LogP) is 7.23. The topological polar surface area (TPSA) is 59.0 Å². The maximum atomic E-state index is 11.9. The van der Waals surface area contributed by atoms with Crippen LogP contribution in [0.3, 0.4) is 0 Å². The van der Waals surface area contributed by atoms with Crippen LogP contribution >= 0.6 is 11.8 Å². The van der Waals surface area contributed by atoms with Gasteiger partial charge in [0.25, 0.3) is 0 Å². The number of aliphatic hydroxyl groups excluding tert-OH is 1. The van der Waals surface area contributed by atoms with Crippen molar-refractivity contribution in [3.63, 3.8) is 0 Å². The number of rotatable bonds is 22. The molecule has 0 spiro atoms. The number of thioether (sulfide) groups is 1. The molecule has 0 aromatic heterocycles. The molecule has 34 heavy (non-hydrogen) atoms. The standard InChI is InChI=1S/C27H55NO4SSi/c1-2-3-19-27(30)33-23-18-25-34-24-17-13-10-14-20-28(34)32-26-31-22-16-12-9-7-5-4-6-8-11-15-21-29/h29,34H,2-26H2,1H3. The first-order valence-corrected chi connectivity index (χ1v) is 17.6. The zero-order chi connectivity index (χ0) is 24.5. The summed E-state index contributed by atoms with van der Waals surface area (Å²) in [4.78, 5) is 18.0. The third-order valence-electron chi connectivity index (χ3n) is 6.75. The largest absolute Gasteiger partial charge is 0.396 e. The van der Waals surface area contributed by atoms with E-state index in [9.17, 15) is 4.79 Å². The van der Waals surface area contributed by atoms with Crippen molar-refractivity contribution in [3.05, 3.63) is 0 Å². The minimum atomic E-state index is -1.10. The number of ether oxygens (including phenoxy) is 1. The molecular weight excluding hydrogens is 462 g/mol. The number of carbonyl (C=O) groups excluding carboxylic acids is 1. The van der Waals surface area contributed by atoms with E-state index < -0.39 is 8.96 Å². The molecule has 0 aromatic carbocycles. The third-order valence-corrected chi connectivity index (χ3v) is 11.1. The van der Waals surface area contributed by atoms with Crippen molar-refractivity contribution < 1.29 is 19.5 Å². The summed E-state index contributed by atoms with van der Waals surface area (Å²) in [7, 11) is -1.10. The van der Waals surface area contributed by atoms with Crippen LogP contribution in [0.25, 0.3) is 0 Å². The van der Waals surface area contributed by atoms with Crippen LogP contribution in [0.1, 0.15) is 122 Å². The van der Waals surface area contributed by atoms with Gasteiger partial charge < -0.3 is 9.84 Å². The molecule has 1 unspecified atom stereocenters. The molecule has 1 aliphatic rings. The van der Waals surface area contributed by atoms with Gasteiger partial charge in [0.1, 0.15) is 8.96 Å². The summed E-state index contributed by atoms with van der Waals surface area (Å²) < 4.78 is 8.16. The number of nitrogens with zero attached hydrogens (tertiary/aromatic N) is 1. The van der Waals surface area contributed by atoms with Crippen LogP contribution in [0.15, 0.2) is 0 Å². The van der Waals surface area contributed by atoms with Gasteiger partial charge in [-0.1, -0.05) is 95.7 Å². The monoisotopic (exact) mass is 517 g/mol. The molecule has 1 saturated heterocycles. The Morgan fingerprint density at radius 2 is 1.56 bits per heavy atom. The maximum Gasteiger partial charge on any atom is 0.188 e. The van der Waals surface area contributed by atoms with Crippen molar-refractivity contribution >= 4 is 25.8 Å². The second-order valence-electron chi connectivity index (χ2n) is 9.88. The summed E-state index contributed by atoms with van der Waals surface area (Å²) in [6.07, 6.45) is 21.7. The molecular formula is C27H55NO4SSi. The van der Waals surface area contributed by atoms with Gasteiger partial charge in [0.2, 0.25) is 0 Å². The number of hydrogen-bond acceptors (Lipinski definition) is 6. The van der Waals surface area contributed by atoms with Crippen LogP contribution in [-0.4, -0.2) is 56.2 Å². The lowest BCUT2D eigenvalue weighted by Crippen LogP contribution is -2.41. The van der Waals surface area contributed by atoms with E-state index in [1.165, 1.54) is 89.1 Å². The second-order valence-corrected chi connectivity index (χ2v) is 14.1. The van der Waals surface area contributed by atoms with E-state index in [0.29, 0.717) is 18.5 Å². The first kappa shape index (κ1) is 32.1. The average Bonchev–Trinajstić information content (AvgIpc) is 2.83. The molecule has 1 fully saturated rings. The smallest absolute Gasteiger partial charge is 0.188 e. The Kier molecular flexibility index (Phi) is 23.4. The van der Waals surface area contributed by atoms with Gasteiger partial charge in [0, 0.05) is 31.9 Å². The number of hydroxylamine groups is 1. The van der Waals surface area contributed by atoms with E-state index in [2.05, 4.69) is 11.7 Å². The molecule has 1 N–H and O–H groups in total. The van der Waals surface area contributed by atoms with Gasteiger partial charge in [-0.25, -0.2) is 4.73 Å². The fourth-order valence-electron chi connectivity index (χ4n) is 4.58. The molecule has 1 aliphatic heterocycles. The van der Waals surface area contributed by atoms with E-state index in [4.69, 9.17) is 14.7 Å². The molecule has 1 rings (SSSR count). The van der Waals surface area contributed by atoms with Gasteiger partial charge in [-0.15, -0.1) is 0 Å². The Morgan fingerprint density at radius 3 is 2.26 bits per heavy atom. The minimum absolute atomic E-state index is 0.343. The van der Waals surface area contributed by atoms with Crippen molar-refractivity contribution in [2.45, 2.75) is 135 Å². The molecule has 0 aliphatic carbocycles. The Balaban J connectivity index is 2.06. The van der Waals surface area contributed by atoms with Crippen LogP contribution in [0.4, 0.5) is 0 Å². The van der Waals surface area contributed by atoms with Gasteiger partial charge in [-0.05, 0) is 44.2 Å². The lowest BCUT2D eigenvalue weighted by molar-refractivity contribution is -0.181. The van der Waals surface area contributed by atoms with E-state index in [1.54, 1.807) is 11.8 Å². The molecule has 0 bridgehead atoms. The summed E-state index contributed by atoms with van der Waals surface area (Å²) in [5, 5.41) is 9.16. The van der Waals surface area contributed by atoms with Crippen LogP contribution < -0.4 is 0 Å². The SMILES string of the molecule is CCCCC(=O)SCCC[SiH]1CCCCCCN1OCOCCCCCCCCCCCCO. The van der Waals surface area contributed by atoms with E-state index in [-0.39, 0.29) is 0 Å². The molecule has 0 saturated carbocycles. The lowest BCUT2D eigenvalue weighted by Gasteiger charge is -2.31. The van der Waals surface area contributed by atoms with E-state index in [1.807, 2.05) is 0 Å². The molecule has 0 radical (unpaired) electrons. The molecule has 202 valence electrons. The van der Waals surface area contributed by atoms with Crippen LogP contribution in [0.5, 0.6) is 0 Å². The van der Waals surface area contributed by atoms with Crippen molar-refractivity contribution in [2.75, 3.05) is 32.3 Å². The average molecular weight is 518 g/mol. The number of hydrogen-bond donors (Lipinski definition) is 1. The molecule has 0 amide bonds. The van der Waals surface area contributed by atoms with E-state index >= 15 is 0 Å². The zero-order valence-electron chi connectivity index (χ0n) is 22.3. The van der Waals surface area contributed by atoms with Gasteiger partial charge in [-0.2, -0.15) is 0 Å². The van der Waals surface area contributed by atoms with Gasteiger partial charge in [0.15, 0.2) is 11.9 Å². The number of aliphatic hydroxyl groups is 1. The van der Waals surface area contributed by atoms with Crippen LogP contribution in [-0.2, 0) is 14.4 Å². The van der Waals surface area contributed by atoms with Gasteiger partial charge in [-0.3, -0.25) is 9.63 Å². The predicted molar refractivity (Wildman–Crippen MR) is 149 cm³/mol. The van der Waals surface area contributed by atoms with Crippen molar-refractivity contribution in [3.8, 4) is 0 Å². The number of unbranched alkanes of at least 4 members (excludes halogenated alkanes) is 10. The molecule has 1 heterocycles. The first-order valence-electron chi connectivity index (χ1n) is 14.5. The first-order chi connectivity index (χ1) is 16.8. The highest BCUT2D eigenvalue weighted by atomic mass is 32.2.